The molecule has 8 heteroatoms. The van der Waals surface area contributed by atoms with Crippen molar-refractivity contribution in [2.45, 2.75) is 25.6 Å². The molecule has 1 aliphatic carbocycles. The summed E-state index contributed by atoms with van der Waals surface area (Å²) in [7, 11) is 1.74. The Bertz CT molecular complexity index is 736. The van der Waals surface area contributed by atoms with E-state index in [1.54, 1.807) is 11.7 Å². The van der Waals surface area contributed by atoms with E-state index in [0.717, 1.165) is 42.7 Å². The smallest absolute Gasteiger partial charge is 0.406 e. The molecule has 1 amide bonds. The van der Waals surface area contributed by atoms with Crippen LogP contribution in [0.3, 0.4) is 0 Å². The second-order valence-electron chi connectivity index (χ2n) is 5.28. The molecular weight excluding hydrogens is 311 g/mol. The van der Waals surface area contributed by atoms with Crippen LogP contribution in [0.1, 0.15) is 28.0 Å². The number of fused-ring (bicyclic) bond motifs is 1. The molecule has 0 radical (unpaired) electrons. The van der Waals surface area contributed by atoms with Crippen LogP contribution < -0.4 is 10.1 Å². The van der Waals surface area contributed by atoms with Crippen molar-refractivity contribution in [3.8, 4) is 5.75 Å². The van der Waals surface area contributed by atoms with Gasteiger partial charge in [-0.1, -0.05) is 0 Å². The van der Waals surface area contributed by atoms with Gasteiger partial charge in [0.1, 0.15) is 11.6 Å². The molecule has 1 aliphatic rings. The zero-order valence-electron chi connectivity index (χ0n) is 12.3. The van der Waals surface area contributed by atoms with Gasteiger partial charge in [-0.25, -0.2) is 0 Å². The van der Waals surface area contributed by atoms with E-state index < -0.39 is 12.3 Å². The largest absolute Gasteiger partial charge is 0.573 e. The molecule has 0 bridgehead atoms. The number of amides is 1. The normalized spacial score (nSPS) is 13.7. The molecular formula is C15H14F3N3O2. The topological polar surface area (TPSA) is 56.2 Å². The number of alkyl halides is 3. The highest BCUT2D eigenvalue weighted by Crippen LogP contribution is 2.28. The van der Waals surface area contributed by atoms with Gasteiger partial charge in [0.05, 0.1) is 5.69 Å². The van der Waals surface area contributed by atoms with Crippen LogP contribution in [0.4, 0.5) is 19.0 Å². The van der Waals surface area contributed by atoms with Crippen LogP contribution in [0.25, 0.3) is 0 Å². The van der Waals surface area contributed by atoms with E-state index in [1.807, 2.05) is 0 Å². The maximum atomic E-state index is 12.2. The molecule has 3 rings (SSSR count). The molecule has 1 N–H and O–H groups in total. The Balaban J connectivity index is 1.74. The third-order valence-corrected chi connectivity index (χ3v) is 3.65. The number of nitrogens with one attached hydrogen (secondary N) is 1. The number of ether oxygens (including phenoxy) is 1. The molecule has 0 atom stereocenters. The number of aryl methyl sites for hydroxylation is 2. The lowest BCUT2D eigenvalue weighted by atomic mass is 10.2. The number of anilines is 1. The number of carbonyl (C=O) groups excluding carboxylic acids is 1. The highest BCUT2D eigenvalue weighted by Gasteiger charge is 2.31. The van der Waals surface area contributed by atoms with Crippen LogP contribution in [0.15, 0.2) is 24.3 Å². The first-order valence-corrected chi connectivity index (χ1v) is 7.05. The first kappa shape index (κ1) is 15.4. The summed E-state index contributed by atoms with van der Waals surface area (Å²) >= 11 is 0. The van der Waals surface area contributed by atoms with Crippen LogP contribution in [0, 0.1) is 0 Å². The quantitative estimate of drug-likeness (QED) is 0.943. The van der Waals surface area contributed by atoms with Crippen LogP contribution in [-0.2, 0) is 19.9 Å². The van der Waals surface area contributed by atoms with Crippen molar-refractivity contribution in [3.63, 3.8) is 0 Å². The molecule has 1 aromatic heterocycles. The van der Waals surface area contributed by atoms with Crippen molar-refractivity contribution in [3.05, 3.63) is 41.1 Å². The lowest BCUT2D eigenvalue weighted by Crippen LogP contribution is -2.18. The third kappa shape index (κ3) is 3.30. The van der Waals surface area contributed by atoms with Crippen molar-refractivity contribution >= 4 is 11.7 Å². The minimum absolute atomic E-state index is 0.243. The van der Waals surface area contributed by atoms with E-state index in [9.17, 15) is 18.0 Å². The highest BCUT2D eigenvalue weighted by atomic mass is 19.4. The number of aromatic nitrogens is 2. The number of hydrogen-bond acceptors (Lipinski definition) is 3. The van der Waals surface area contributed by atoms with Gasteiger partial charge in [0.15, 0.2) is 0 Å². The number of rotatable bonds is 3. The van der Waals surface area contributed by atoms with E-state index >= 15 is 0 Å². The molecule has 0 saturated carbocycles. The van der Waals surface area contributed by atoms with Crippen molar-refractivity contribution in [2.75, 3.05) is 5.32 Å². The van der Waals surface area contributed by atoms with Gasteiger partial charge in [-0.2, -0.15) is 5.10 Å². The van der Waals surface area contributed by atoms with Crippen molar-refractivity contribution < 1.29 is 22.7 Å². The number of benzene rings is 1. The Morgan fingerprint density at radius 2 is 1.96 bits per heavy atom. The molecule has 0 saturated heterocycles. The lowest BCUT2D eigenvalue weighted by Gasteiger charge is -2.10. The van der Waals surface area contributed by atoms with Crippen molar-refractivity contribution in [1.82, 2.24) is 9.78 Å². The maximum Gasteiger partial charge on any atom is 0.573 e. The van der Waals surface area contributed by atoms with E-state index in [4.69, 9.17) is 0 Å². The Labute approximate surface area is 130 Å². The van der Waals surface area contributed by atoms with Gasteiger partial charge >= 0.3 is 6.36 Å². The monoisotopic (exact) mass is 325 g/mol. The number of nitrogens with zero attached hydrogens (tertiary/aromatic N) is 2. The molecule has 1 heterocycles. The average Bonchev–Trinajstić information content (AvgIpc) is 3.01. The average molecular weight is 325 g/mol. The van der Waals surface area contributed by atoms with Crippen LogP contribution in [0.2, 0.25) is 0 Å². The van der Waals surface area contributed by atoms with Crippen LogP contribution in [0.5, 0.6) is 5.75 Å². The molecule has 0 unspecified atom stereocenters. The first-order valence-electron chi connectivity index (χ1n) is 7.05. The molecule has 5 nitrogen and oxygen atoms in total. The molecule has 0 fully saturated rings. The fraction of sp³-hybridized carbons (Fsp3) is 0.333. The SMILES string of the molecule is Cn1nc2c(c1NC(=O)c1ccc(OC(F)(F)F)cc1)CCC2. The predicted molar refractivity (Wildman–Crippen MR) is 76.3 cm³/mol. The summed E-state index contributed by atoms with van der Waals surface area (Å²) in [5.41, 5.74) is 2.25. The summed E-state index contributed by atoms with van der Waals surface area (Å²) in [6, 6.07) is 4.78. The van der Waals surface area contributed by atoms with Crippen molar-refractivity contribution in [2.24, 2.45) is 7.05 Å². The maximum absolute atomic E-state index is 12.2. The second kappa shape index (κ2) is 5.60. The summed E-state index contributed by atoms with van der Waals surface area (Å²) in [5.74, 6) is -0.130. The van der Waals surface area contributed by atoms with E-state index in [1.165, 1.54) is 12.1 Å². The Hall–Kier alpha value is -2.51. The first-order chi connectivity index (χ1) is 10.8. The van der Waals surface area contributed by atoms with Gasteiger partial charge in [-0.05, 0) is 43.5 Å². The van der Waals surface area contributed by atoms with Gasteiger partial charge in [0, 0.05) is 18.2 Å². The number of halogens is 3. The second-order valence-corrected chi connectivity index (χ2v) is 5.28. The lowest BCUT2D eigenvalue weighted by molar-refractivity contribution is -0.274. The zero-order chi connectivity index (χ0) is 16.6. The fourth-order valence-electron chi connectivity index (χ4n) is 2.66. The predicted octanol–water partition coefficient (Wildman–Crippen LogP) is 3.06. The Morgan fingerprint density at radius 3 is 2.61 bits per heavy atom. The molecule has 122 valence electrons. The Kier molecular flexibility index (Phi) is 3.75. The number of hydrogen-bond donors (Lipinski definition) is 1. The standard InChI is InChI=1S/C15H14F3N3O2/c1-21-13(11-3-2-4-12(11)20-21)19-14(22)9-5-7-10(8-6-9)23-15(16,17)18/h5-8H,2-4H2,1H3,(H,19,22). The molecule has 2 aromatic rings. The van der Waals surface area contributed by atoms with Crippen molar-refractivity contribution in [1.29, 1.82) is 0 Å². The van der Waals surface area contributed by atoms with Crippen LogP contribution >= 0.6 is 0 Å². The van der Waals surface area contributed by atoms with Gasteiger partial charge in [-0.15, -0.1) is 13.2 Å². The fourth-order valence-corrected chi connectivity index (χ4v) is 2.66. The van der Waals surface area contributed by atoms with E-state index in [-0.39, 0.29) is 11.3 Å². The van der Waals surface area contributed by atoms with E-state index in [0.29, 0.717) is 5.82 Å². The summed E-state index contributed by atoms with van der Waals surface area (Å²) in [4.78, 5) is 12.2. The highest BCUT2D eigenvalue weighted by molar-refractivity contribution is 6.04. The molecule has 0 spiro atoms. The minimum atomic E-state index is -4.75. The van der Waals surface area contributed by atoms with Crippen LogP contribution in [-0.4, -0.2) is 22.1 Å². The zero-order valence-corrected chi connectivity index (χ0v) is 12.3. The minimum Gasteiger partial charge on any atom is -0.406 e. The molecule has 0 aliphatic heterocycles. The van der Waals surface area contributed by atoms with Gasteiger partial charge < -0.3 is 10.1 Å². The molecule has 1 aromatic carbocycles. The van der Waals surface area contributed by atoms with Gasteiger partial charge in [0.25, 0.3) is 5.91 Å². The Morgan fingerprint density at radius 1 is 1.26 bits per heavy atom. The van der Waals surface area contributed by atoms with E-state index in [2.05, 4.69) is 15.2 Å². The van der Waals surface area contributed by atoms with Gasteiger partial charge in [-0.3, -0.25) is 9.48 Å². The summed E-state index contributed by atoms with van der Waals surface area (Å²) < 4.78 is 41.7. The summed E-state index contributed by atoms with van der Waals surface area (Å²) in [6.45, 7) is 0. The molecule has 23 heavy (non-hydrogen) atoms. The van der Waals surface area contributed by atoms with Gasteiger partial charge in [0.2, 0.25) is 0 Å². The third-order valence-electron chi connectivity index (χ3n) is 3.65. The number of carbonyl (C=O) groups is 1. The summed E-state index contributed by atoms with van der Waals surface area (Å²) in [5, 5.41) is 7.12. The summed E-state index contributed by atoms with van der Waals surface area (Å²) in [6.07, 6.45) is -2.00.